The Kier molecular flexibility index (Phi) is 4.25. The Morgan fingerprint density at radius 3 is 2.83 bits per heavy atom. The predicted molar refractivity (Wildman–Crippen MR) is 80.5 cm³/mol. The van der Waals surface area contributed by atoms with Crippen LogP contribution in [0.15, 0.2) is 30.7 Å². The van der Waals surface area contributed by atoms with Crippen molar-refractivity contribution in [2.45, 2.75) is 18.6 Å². The van der Waals surface area contributed by atoms with E-state index in [0.29, 0.717) is 23.9 Å². The Morgan fingerprint density at radius 2 is 2.09 bits per heavy atom. The van der Waals surface area contributed by atoms with Crippen molar-refractivity contribution in [2.24, 2.45) is 0 Å². The highest BCUT2D eigenvalue weighted by Gasteiger charge is 2.33. The van der Waals surface area contributed by atoms with Crippen molar-refractivity contribution >= 4 is 23.2 Å². The second kappa shape index (κ2) is 6.19. The second-order valence-corrected chi connectivity index (χ2v) is 5.58. The van der Waals surface area contributed by atoms with Gasteiger partial charge in [0.1, 0.15) is 23.7 Å². The third-order valence-corrected chi connectivity index (χ3v) is 3.83. The molecule has 1 aliphatic rings. The Labute approximate surface area is 135 Å². The molecule has 1 aliphatic heterocycles. The standard InChI is InChI=1S/C14H13ClF3N5/c15-10-2-1-4-19-13(10)23-5-3-9(7-23)22-12-6-11(14(16,17)18)20-8-21-12/h1-2,4,6,8-9H,3,5,7H2,(H,20,21,22). The summed E-state index contributed by atoms with van der Waals surface area (Å²) >= 11 is 6.11. The van der Waals surface area contributed by atoms with Gasteiger partial charge in [0.15, 0.2) is 0 Å². The number of hydrogen-bond donors (Lipinski definition) is 1. The topological polar surface area (TPSA) is 53.9 Å². The highest BCUT2D eigenvalue weighted by Crippen LogP contribution is 2.29. The van der Waals surface area contributed by atoms with Gasteiger partial charge in [-0.15, -0.1) is 0 Å². The molecule has 0 aliphatic carbocycles. The van der Waals surface area contributed by atoms with Gasteiger partial charge in [0, 0.05) is 31.4 Å². The van der Waals surface area contributed by atoms with Crippen LogP contribution in [-0.2, 0) is 6.18 Å². The van der Waals surface area contributed by atoms with Crippen LogP contribution >= 0.6 is 11.6 Å². The van der Waals surface area contributed by atoms with E-state index in [4.69, 9.17) is 11.6 Å². The zero-order valence-corrected chi connectivity index (χ0v) is 12.6. The van der Waals surface area contributed by atoms with E-state index >= 15 is 0 Å². The molecule has 0 saturated carbocycles. The third-order valence-electron chi connectivity index (χ3n) is 3.54. The van der Waals surface area contributed by atoms with Crippen LogP contribution in [-0.4, -0.2) is 34.1 Å². The minimum Gasteiger partial charge on any atom is -0.365 e. The molecular formula is C14H13ClF3N5. The average molecular weight is 344 g/mol. The van der Waals surface area contributed by atoms with E-state index in [1.165, 1.54) is 0 Å². The molecule has 3 rings (SSSR count). The van der Waals surface area contributed by atoms with Crippen LogP contribution in [0.2, 0.25) is 5.02 Å². The van der Waals surface area contributed by atoms with Gasteiger partial charge >= 0.3 is 6.18 Å². The Balaban J connectivity index is 1.68. The summed E-state index contributed by atoms with van der Waals surface area (Å²) in [6.07, 6.45) is -1.17. The fourth-order valence-corrected chi connectivity index (χ4v) is 2.72. The molecule has 5 nitrogen and oxygen atoms in total. The van der Waals surface area contributed by atoms with Gasteiger partial charge in [0.2, 0.25) is 0 Å². The number of pyridine rings is 1. The van der Waals surface area contributed by atoms with Crippen molar-refractivity contribution in [1.82, 2.24) is 15.0 Å². The third kappa shape index (κ3) is 3.64. The van der Waals surface area contributed by atoms with Gasteiger partial charge in [-0.2, -0.15) is 13.2 Å². The molecule has 1 saturated heterocycles. The van der Waals surface area contributed by atoms with Crippen molar-refractivity contribution < 1.29 is 13.2 Å². The van der Waals surface area contributed by atoms with Crippen molar-refractivity contribution in [1.29, 1.82) is 0 Å². The molecule has 9 heteroatoms. The quantitative estimate of drug-likeness (QED) is 0.927. The van der Waals surface area contributed by atoms with Crippen molar-refractivity contribution in [3.8, 4) is 0 Å². The summed E-state index contributed by atoms with van der Waals surface area (Å²) in [5.41, 5.74) is -0.961. The van der Waals surface area contributed by atoms with Gasteiger partial charge in [0.05, 0.1) is 5.02 Å². The number of rotatable bonds is 3. The minimum absolute atomic E-state index is 0.0379. The van der Waals surface area contributed by atoms with Gasteiger partial charge in [-0.1, -0.05) is 11.6 Å². The van der Waals surface area contributed by atoms with Crippen LogP contribution in [0.3, 0.4) is 0 Å². The van der Waals surface area contributed by atoms with Crippen LogP contribution < -0.4 is 10.2 Å². The van der Waals surface area contributed by atoms with Crippen LogP contribution in [0.4, 0.5) is 24.8 Å². The van der Waals surface area contributed by atoms with E-state index in [2.05, 4.69) is 20.3 Å². The average Bonchev–Trinajstić information content (AvgIpc) is 2.95. The fraction of sp³-hybridized carbons (Fsp3) is 0.357. The lowest BCUT2D eigenvalue weighted by Gasteiger charge is -2.19. The van der Waals surface area contributed by atoms with E-state index in [0.717, 1.165) is 18.8 Å². The normalized spacial score (nSPS) is 18.3. The van der Waals surface area contributed by atoms with Gasteiger partial charge in [0.25, 0.3) is 0 Å². The molecule has 0 aromatic carbocycles. The molecular weight excluding hydrogens is 331 g/mol. The number of halogens is 4. The first kappa shape index (κ1) is 15.8. The largest absolute Gasteiger partial charge is 0.433 e. The minimum atomic E-state index is -4.48. The Morgan fingerprint density at radius 1 is 1.26 bits per heavy atom. The molecule has 0 radical (unpaired) electrons. The van der Waals surface area contributed by atoms with E-state index in [1.807, 2.05) is 4.90 Å². The highest BCUT2D eigenvalue weighted by molar-refractivity contribution is 6.32. The molecule has 2 aromatic rings. The van der Waals surface area contributed by atoms with Crippen molar-refractivity contribution in [3.05, 3.63) is 41.4 Å². The smallest absolute Gasteiger partial charge is 0.365 e. The highest BCUT2D eigenvalue weighted by atomic mass is 35.5. The van der Waals surface area contributed by atoms with Gasteiger partial charge in [-0.3, -0.25) is 0 Å². The van der Waals surface area contributed by atoms with E-state index < -0.39 is 11.9 Å². The molecule has 1 fully saturated rings. The maximum absolute atomic E-state index is 12.7. The lowest BCUT2D eigenvalue weighted by atomic mass is 10.2. The van der Waals surface area contributed by atoms with Gasteiger partial charge in [-0.25, -0.2) is 15.0 Å². The molecule has 0 amide bonds. The summed E-state index contributed by atoms with van der Waals surface area (Å²) in [6, 6.07) is 4.38. The summed E-state index contributed by atoms with van der Waals surface area (Å²) in [7, 11) is 0. The number of nitrogens with one attached hydrogen (secondary N) is 1. The van der Waals surface area contributed by atoms with Crippen LogP contribution in [0.5, 0.6) is 0 Å². The molecule has 1 unspecified atom stereocenters. The van der Waals surface area contributed by atoms with Crippen molar-refractivity contribution in [3.63, 3.8) is 0 Å². The summed E-state index contributed by atoms with van der Waals surface area (Å²) in [5.74, 6) is 0.837. The first-order valence-corrected chi connectivity index (χ1v) is 7.32. The number of nitrogens with zero attached hydrogens (tertiary/aromatic N) is 4. The predicted octanol–water partition coefficient (Wildman–Crippen LogP) is 3.23. The van der Waals surface area contributed by atoms with Crippen LogP contribution in [0.25, 0.3) is 0 Å². The van der Waals surface area contributed by atoms with Crippen molar-refractivity contribution in [2.75, 3.05) is 23.3 Å². The summed E-state index contributed by atoms with van der Waals surface area (Å²) in [5, 5.41) is 3.56. The monoisotopic (exact) mass is 343 g/mol. The number of hydrogen-bond acceptors (Lipinski definition) is 5. The lowest BCUT2D eigenvalue weighted by molar-refractivity contribution is -0.141. The molecule has 23 heavy (non-hydrogen) atoms. The Bertz CT molecular complexity index is 694. The fourth-order valence-electron chi connectivity index (χ4n) is 2.48. The number of anilines is 2. The number of alkyl halides is 3. The molecule has 0 bridgehead atoms. The summed E-state index contributed by atoms with van der Waals surface area (Å²) < 4.78 is 38.0. The SMILES string of the molecule is FC(F)(F)c1cc(NC2CCN(c3ncccc3Cl)C2)ncn1. The first-order valence-electron chi connectivity index (χ1n) is 6.95. The van der Waals surface area contributed by atoms with E-state index in [-0.39, 0.29) is 11.9 Å². The van der Waals surface area contributed by atoms with Crippen LogP contribution in [0.1, 0.15) is 12.1 Å². The van der Waals surface area contributed by atoms with Gasteiger partial charge in [-0.05, 0) is 18.6 Å². The summed E-state index contributed by atoms with van der Waals surface area (Å²) in [4.78, 5) is 13.3. The summed E-state index contributed by atoms with van der Waals surface area (Å²) in [6.45, 7) is 1.30. The van der Waals surface area contributed by atoms with Crippen LogP contribution in [0, 0.1) is 0 Å². The lowest BCUT2D eigenvalue weighted by Crippen LogP contribution is -2.27. The maximum Gasteiger partial charge on any atom is 0.433 e. The maximum atomic E-state index is 12.7. The molecule has 1 atom stereocenters. The first-order chi connectivity index (χ1) is 10.9. The second-order valence-electron chi connectivity index (χ2n) is 5.17. The molecule has 1 N–H and O–H groups in total. The van der Waals surface area contributed by atoms with E-state index in [1.54, 1.807) is 18.3 Å². The Hall–Kier alpha value is -2.09. The number of aromatic nitrogens is 3. The van der Waals surface area contributed by atoms with E-state index in [9.17, 15) is 13.2 Å². The molecule has 122 valence electrons. The zero-order chi connectivity index (χ0) is 16.4. The van der Waals surface area contributed by atoms with Gasteiger partial charge < -0.3 is 10.2 Å². The molecule has 3 heterocycles. The molecule has 0 spiro atoms. The molecule has 2 aromatic heterocycles. The zero-order valence-electron chi connectivity index (χ0n) is 11.9.